The van der Waals surface area contributed by atoms with Crippen LogP contribution in [0.3, 0.4) is 0 Å². The van der Waals surface area contributed by atoms with Crippen LogP contribution in [-0.4, -0.2) is 18.5 Å². The Morgan fingerprint density at radius 2 is 2.18 bits per heavy atom. The summed E-state index contributed by atoms with van der Waals surface area (Å²) in [5, 5.41) is 6.45. The highest BCUT2D eigenvalue weighted by molar-refractivity contribution is 5.78. The molecule has 17 heavy (non-hydrogen) atoms. The Hall–Kier alpha value is -1.35. The zero-order valence-electron chi connectivity index (χ0n) is 10.3. The Morgan fingerprint density at radius 3 is 2.76 bits per heavy atom. The molecule has 0 bridgehead atoms. The molecule has 0 spiro atoms. The van der Waals surface area contributed by atoms with Crippen LogP contribution in [0.15, 0.2) is 30.3 Å². The van der Waals surface area contributed by atoms with Crippen molar-refractivity contribution < 1.29 is 4.79 Å². The van der Waals surface area contributed by atoms with Crippen molar-refractivity contribution in [3.63, 3.8) is 0 Å². The molecule has 1 saturated heterocycles. The number of carbonyl (C=O) groups is 1. The van der Waals surface area contributed by atoms with E-state index in [4.69, 9.17) is 0 Å². The standard InChI is InChI=1S/C14H20N2O/c1-2-6-13(11-7-4-3-5-8-11)16-12-9-14(17)15-10-12/h3-5,7-8,12-13,16H,2,6,9-10H2,1H3,(H,15,17). The van der Waals surface area contributed by atoms with Gasteiger partial charge in [-0.3, -0.25) is 4.79 Å². The Morgan fingerprint density at radius 1 is 1.41 bits per heavy atom. The van der Waals surface area contributed by atoms with Crippen LogP contribution < -0.4 is 10.6 Å². The van der Waals surface area contributed by atoms with Gasteiger partial charge in [0.05, 0.1) is 0 Å². The lowest BCUT2D eigenvalue weighted by atomic mass is 10.0. The zero-order chi connectivity index (χ0) is 12.1. The maximum atomic E-state index is 11.2. The summed E-state index contributed by atoms with van der Waals surface area (Å²) in [6.07, 6.45) is 2.85. The minimum atomic E-state index is 0.158. The first-order valence-corrected chi connectivity index (χ1v) is 6.37. The lowest BCUT2D eigenvalue weighted by Gasteiger charge is -2.22. The van der Waals surface area contributed by atoms with Crippen molar-refractivity contribution in [3.8, 4) is 0 Å². The summed E-state index contributed by atoms with van der Waals surface area (Å²) in [4.78, 5) is 11.2. The quantitative estimate of drug-likeness (QED) is 0.815. The van der Waals surface area contributed by atoms with Crippen molar-refractivity contribution in [1.82, 2.24) is 10.6 Å². The average Bonchev–Trinajstić information content (AvgIpc) is 2.75. The molecule has 0 radical (unpaired) electrons. The van der Waals surface area contributed by atoms with Crippen molar-refractivity contribution >= 4 is 5.91 Å². The van der Waals surface area contributed by atoms with Crippen LogP contribution in [-0.2, 0) is 4.79 Å². The fraction of sp³-hybridized carbons (Fsp3) is 0.500. The molecule has 0 aromatic heterocycles. The van der Waals surface area contributed by atoms with Crippen molar-refractivity contribution in [1.29, 1.82) is 0 Å². The highest BCUT2D eigenvalue weighted by atomic mass is 16.1. The molecule has 2 rings (SSSR count). The third-order valence-electron chi connectivity index (χ3n) is 3.19. The normalized spacial score (nSPS) is 21.2. The van der Waals surface area contributed by atoms with Gasteiger partial charge in [0.2, 0.25) is 5.91 Å². The van der Waals surface area contributed by atoms with Gasteiger partial charge < -0.3 is 10.6 Å². The van der Waals surface area contributed by atoms with Gasteiger partial charge in [-0.25, -0.2) is 0 Å². The molecule has 1 fully saturated rings. The van der Waals surface area contributed by atoms with E-state index in [1.54, 1.807) is 0 Å². The van der Waals surface area contributed by atoms with Crippen LogP contribution in [0, 0.1) is 0 Å². The summed E-state index contributed by atoms with van der Waals surface area (Å²) in [6, 6.07) is 11.1. The summed E-state index contributed by atoms with van der Waals surface area (Å²) in [5.41, 5.74) is 1.31. The Balaban J connectivity index is 2.00. The molecule has 92 valence electrons. The minimum absolute atomic E-state index is 0.158. The second-order valence-electron chi connectivity index (χ2n) is 4.62. The van der Waals surface area contributed by atoms with E-state index < -0.39 is 0 Å². The van der Waals surface area contributed by atoms with Crippen LogP contribution in [0.1, 0.15) is 37.8 Å². The zero-order valence-corrected chi connectivity index (χ0v) is 10.3. The van der Waals surface area contributed by atoms with E-state index in [0.717, 1.165) is 19.4 Å². The summed E-state index contributed by atoms with van der Waals surface area (Å²) in [5.74, 6) is 0.158. The first kappa shape index (κ1) is 12.1. The van der Waals surface area contributed by atoms with E-state index in [1.807, 2.05) is 6.07 Å². The lowest BCUT2D eigenvalue weighted by molar-refractivity contribution is -0.119. The van der Waals surface area contributed by atoms with Gasteiger partial charge in [-0.1, -0.05) is 43.7 Å². The maximum absolute atomic E-state index is 11.2. The first-order valence-electron chi connectivity index (χ1n) is 6.37. The van der Waals surface area contributed by atoms with E-state index in [9.17, 15) is 4.79 Å². The number of nitrogens with one attached hydrogen (secondary N) is 2. The van der Waals surface area contributed by atoms with Gasteiger partial charge in [-0.2, -0.15) is 0 Å². The van der Waals surface area contributed by atoms with Crippen molar-refractivity contribution in [2.45, 2.75) is 38.3 Å². The van der Waals surface area contributed by atoms with Gasteiger partial charge in [0.25, 0.3) is 0 Å². The summed E-state index contributed by atoms with van der Waals surface area (Å²) in [7, 11) is 0. The monoisotopic (exact) mass is 232 g/mol. The van der Waals surface area contributed by atoms with Crippen LogP contribution in [0.25, 0.3) is 0 Å². The molecular formula is C14H20N2O. The van der Waals surface area contributed by atoms with Gasteiger partial charge >= 0.3 is 0 Å². The first-order chi connectivity index (χ1) is 8.29. The van der Waals surface area contributed by atoms with Crippen LogP contribution in [0.4, 0.5) is 0 Å². The summed E-state index contributed by atoms with van der Waals surface area (Å²) < 4.78 is 0. The van der Waals surface area contributed by atoms with E-state index in [2.05, 4.69) is 41.8 Å². The van der Waals surface area contributed by atoms with E-state index >= 15 is 0 Å². The molecule has 1 heterocycles. The molecular weight excluding hydrogens is 212 g/mol. The van der Waals surface area contributed by atoms with E-state index in [-0.39, 0.29) is 11.9 Å². The molecule has 1 amide bonds. The lowest BCUT2D eigenvalue weighted by Crippen LogP contribution is -2.34. The number of carbonyl (C=O) groups excluding carboxylic acids is 1. The molecule has 2 atom stereocenters. The van der Waals surface area contributed by atoms with Crippen molar-refractivity contribution in [2.75, 3.05) is 6.54 Å². The predicted octanol–water partition coefficient (Wildman–Crippen LogP) is 2.01. The number of benzene rings is 1. The number of hydrogen-bond donors (Lipinski definition) is 2. The average molecular weight is 232 g/mol. The highest BCUT2D eigenvalue weighted by Gasteiger charge is 2.24. The Labute approximate surface area is 103 Å². The molecule has 3 nitrogen and oxygen atoms in total. The summed E-state index contributed by atoms with van der Waals surface area (Å²) >= 11 is 0. The molecule has 1 aromatic rings. The summed E-state index contributed by atoms with van der Waals surface area (Å²) in [6.45, 7) is 2.95. The number of amides is 1. The molecule has 0 saturated carbocycles. The molecule has 2 unspecified atom stereocenters. The predicted molar refractivity (Wildman–Crippen MR) is 68.6 cm³/mol. The Bertz CT molecular complexity index is 364. The van der Waals surface area contributed by atoms with Crippen LogP contribution >= 0.6 is 0 Å². The van der Waals surface area contributed by atoms with Gasteiger partial charge in [-0.05, 0) is 12.0 Å². The number of hydrogen-bond acceptors (Lipinski definition) is 2. The molecule has 3 heteroatoms. The molecule has 1 aromatic carbocycles. The Kier molecular flexibility index (Phi) is 4.15. The van der Waals surface area contributed by atoms with Gasteiger partial charge in [0.15, 0.2) is 0 Å². The van der Waals surface area contributed by atoms with Crippen molar-refractivity contribution in [2.24, 2.45) is 0 Å². The van der Waals surface area contributed by atoms with Gasteiger partial charge in [-0.15, -0.1) is 0 Å². The molecule has 1 aliphatic heterocycles. The molecule has 1 aliphatic rings. The van der Waals surface area contributed by atoms with E-state index in [0.29, 0.717) is 12.5 Å². The third kappa shape index (κ3) is 3.30. The molecule has 0 aliphatic carbocycles. The van der Waals surface area contributed by atoms with Crippen LogP contribution in [0.5, 0.6) is 0 Å². The maximum Gasteiger partial charge on any atom is 0.221 e. The SMILES string of the molecule is CCCC(NC1CNC(=O)C1)c1ccccc1. The minimum Gasteiger partial charge on any atom is -0.354 e. The van der Waals surface area contributed by atoms with Crippen LogP contribution in [0.2, 0.25) is 0 Å². The highest BCUT2D eigenvalue weighted by Crippen LogP contribution is 2.19. The van der Waals surface area contributed by atoms with Gasteiger partial charge in [0, 0.05) is 25.0 Å². The second kappa shape index (κ2) is 5.82. The van der Waals surface area contributed by atoms with E-state index in [1.165, 1.54) is 5.56 Å². The van der Waals surface area contributed by atoms with Gasteiger partial charge in [0.1, 0.15) is 0 Å². The third-order valence-corrected chi connectivity index (χ3v) is 3.19. The fourth-order valence-corrected chi connectivity index (χ4v) is 2.33. The number of rotatable bonds is 5. The fourth-order valence-electron chi connectivity index (χ4n) is 2.33. The second-order valence-corrected chi connectivity index (χ2v) is 4.62. The topological polar surface area (TPSA) is 41.1 Å². The molecule has 2 N–H and O–H groups in total. The smallest absolute Gasteiger partial charge is 0.221 e. The largest absolute Gasteiger partial charge is 0.354 e. The van der Waals surface area contributed by atoms with Crippen molar-refractivity contribution in [3.05, 3.63) is 35.9 Å².